The third-order valence-electron chi connectivity index (χ3n) is 4.21. The summed E-state index contributed by atoms with van der Waals surface area (Å²) in [5.41, 5.74) is 0.632. The van der Waals surface area contributed by atoms with Crippen molar-refractivity contribution in [3.63, 3.8) is 0 Å². The van der Waals surface area contributed by atoms with Crippen molar-refractivity contribution in [3.05, 3.63) is 52.0 Å². The fourth-order valence-corrected chi connectivity index (χ4v) is 4.13. The van der Waals surface area contributed by atoms with E-state index < -0.39 is 28.0 Å². The zero-order valence-electron chi connectivity index (χ0n) is 16.0. The van der Waals surface area contributed by atoms with Gasteiger partial charge in [-0.1, -0.05) is 23.2 Å². The Morgan fingerprint density at radius 1 is 1.23 bits per heavy atom. The quantitative estimate of drug-likeness (QED) is 0.669. The minimum absolute atomic E-state index is 0.0960. The number of carbonyl (C=O) groups excluding carboxylic acids is 2. The monoisotopic (exact) mass is 472 g/mol. The van der Waals surface area contributed by atoms with Gasteiger partial charge >= 0.3 is 5.97 Å². The summed E-state index contributed by atoms with van der Waals surface area (Å²) in [6.45, 7) is 1.60. The molecule has 0 fully saturated rings. The van der Waals surface area contributed by atoms with Crippen LogP contribution in [-0.2, 0) is 19.6 Å². The molecule has 30 heavy (non-hydrogen) atoms. The van der Waals surface area contributed by atoms with Gasteiger partial charge in [-0.2, -0.15) is 0 Å². The lowest BCUT2D eigenvalue weighted by Gasteiger charge is -2.34. The zero-order chi connectivity index (χ0) is 22.1. The highest BCUT2D eigenvalue weighted by Crippen LogP contribution is 2.37. The molecule has 0 bridgehead atoms. The fourth-order valence-electron chi connectivity index (χ4n) is 2.87. The highest BCUT2D eigenvalue weighted by Gasteiger charge is 2.35. The maximum atomic E-state index is 12.8. The number of nitrogens with zero attached hydrogens (tertiary/aromatic N) is 1. The van der Waals surface area contributed by atoms with Crippen molar-refractivity contribution in [2.45, 2.75) is 13.0 Å². The number of ether oxygens (including phenoxy) is 2. The summed E-state index contributed by atoms with van der Waals surface area (Å²) < 4.78 is 36.2. The fraction of sp³-hybridized carbons (Fsp3) is 0.263. The Kier molecular flexibility index (Phi) is 6.44. The lowest BCUT2D eigenvalue weighted by atomic mass is 10.1. The Bertz CT molecular complexity index is 1110. The van der Waals surface area contributed by atoms with E-state index in [2.05, 4.69) is 5.32 Å². The summed E-state index contributed by atoms with van der Waals surface area (Å²) in [6, 6.07) is 8.82. The highest BCUT2D eigenvalue weighted by atomic mass is 35.5. The normalized spacial score (nSPS) is 15.7. The predicted molar refractivity (Wildman–Crippen MR) is 114 cm³/mol. The molecule has 0 aliphatic carbocycles. The number of esters is 1. The van der Waals surface area contributed by atoms with Gasteiger partial charge in [-0.25, -0.2) is 13.2 Å². The minimum Gasteiger partial charge on any atom is -0.476 e. The van der Waals surface area contributed by atoms with Crippen LogP contribution in [0.4, 0.5) is 11.4 Å². The molecule has 1 heterocycles. The molecule has 2 aromatic rings. The number of rotatable bonds is 5. The first-order valence-electron chi connectivity index (χ1n) is 8.81. The highest BCUT2D eigenvalue weighted by molar-refractivity contribution is 7.92. The van der Waals surface area contributed by atoms with Crippen LogP contribution in [0.2, 0.25) is 10.0 Å². The van der Waals surface area contributed by atoms with Crippen molar-refractivity contribution in [2.24, 2.45) is 0 Å². The number of hydrogen-bond acceptors (Lipinski definition) is 6. The molecule has 0 unspecified atom stereocenters. The molecular formula is C19H18Cl2N2O6S. The molecule has 1 atom stereocenters. The summed E-state index contributed by atoms with van der Waals surface area (Å²) >= 11 is 12.0. The molecule has 11 heteroatoms. The van der Waals surface area contributed by atoms with Gasteiger partial charge in [-0.3, -0.25) is 9.10 Å². The van der Waals surface area contributed by atoms with Crippen LogP contribution >= 0.6 is 23.2 Å². The Morgan fingerprint density at radius 2 is 1.97 bits per heavy atom. The molecule has 1 N–H and O–H groups in total. The molecule has 0 radical (unpaired) electrons. The first-order chi connectivity index (χ1) is 14.1. The second-order valence-electron chi connectivity index (χ2n) is 6.42. The largest absolute Gasteiger partial charge is 0.476 e. The van der Waals surface area contributed by atoms with E-state index in [-0.39, 0.29) is 40.9 Å². The van der Waals surface area contributed by atoms with Crippen LogP contribution in [0.15, 0.2) is 36.4 Å². The smallest absolute Gasteiger partial charge is 0.339 e. The van der Waals surface area contributed by atoms with Gasteiger partial charge in [0.25, 0.3) is 5.91 Å². The Morgan fingerprint density at radius 3 is 2.63 bits per heavy atom. The molecule has 160 valence electrons. The first kappa shape index (κ1) is 22.2. The van der Waals surface area contributed by atoms with Gasteiger partial charge in [0.05, 0.1) is 35.7 Å². The minimum atomic E-state index is -3.69. The molecule has 2 aromatic carbocycles. The van der Waals surface area contributed by atoms with E-state index in [1.807, 2.05) is 0 Å². The van der Waals surface area contributed by atoms with E-state index in [1.54, 1.807) is 6.92 Å². The standard InChI is InChI=1S/C19H18Cl2N2O6S/c1-3-28-19(25)13-9-12(5-6-14(13)21)22-18(24)17-10-23(30(2,26)27)15-8-11(20)4-7-16(15)29-17/h4-9,17H,3,10H2,1-2H3,(H,22,24)/t17-/m1/s1. The number of nitrogens with one attached hydrogen (secondary N) is 1. The Balaban J connectivity index is 1.85. The van der Waals surface area contributed by atoms with Crippen molar-refractivity contribution in [1.82, 2.24) is 0 Å². The molecule has 8 nitrogen and oxygen atoms in total. The van der Waals surface area contributed by atoms with Crippen molar-refractivity contribution in [1.29, 1.82) is 0 Å². The van der Waals surface area contributed by atoms with Gasteiger partial charge in [0.2, 0.25) is 10.0 Å². The van der Waals surface area contributed by atoms with E-state index in [0.29, 0.717) is 5.02 Å². The first-order valence-corrected chi connectivity index (χ1v) is 11.4. The van der Waals surface area contributed by atoms with Gasteiger partial charge in [0.15, 0.2) is 6.10 Å². The Hall–Kier alpha value is -2.49. The average Bonchev–Trinajstić information content (AvgIpc) is 2.67. The van der Waals surface area contributed by atoms with Crippen molar-refractivity contribution in [3.8, 4) is 5.75 Å². The SMILES string of the molecule is CCOC(=O)c1cc(NC(=O)[C@H]2CN(S(C)(=O)=O)c3cc(Cl)ccc3O2)ccc1Cl. The number of halogens is 2. The average molecular weight is 473 g/mol. The van der Waals surface area contributed by atoms with Crippen molar-refractivity contribution in [2.75, 3.05) is 29.0 Å². The lowest BCUT2D eigenvalue weighted by Crippen LogP contribution is -2.48. The van der Waals surface area contributed by atoms with Crippen LogP contribution in [0.1, 0.15) is 17.3 Å². The van der Waals surface area contributed by atoms with Gasteiger partial charge in [0.1, 0.15) is 5.75 Å². The van der Waals surface area contributed by atoms with Gasteiger partial charge in [-0.15, -0.1) is 0 Å². The summed E-state index contributed by atoms with van der Waals surface area (Å²) in [6.07, 6.45) is -0.0990. The van der Waals surface area contributed by atoms with E-state index in [4.69, 9.17) is 32.7 Å². The number of hydrogen-bond donors (Lipinski definition) is 1. The molecule has 0 saturated heterocycles. The van der Waals surface area contributed by atoms with Crippen molar-refractivity contribution < 1.29 is 27.5 Å². The van der Waals surface area contributed by atoms with Crippen LogP contribution in [0, 0.1) is 0 Å². The lowest BCUT2D eigenvalue weighted by molar-refractivity contribution is -0.122. The van der Waals surface area contributed by atoms with Crippen molar-refractivity contribution >= 4 is 56.5 Å². The molecule has 1 amide bonds. The maximum Gasteiger partial charge on any atom is 0.339 e. The second-order valence-corrected chi connectivity index (χ2v) is 9.17. The van der Waals surface area contributed by atoms with Gasteiger partial charge < -0.3 is 14.8 Å². The van der Waals surface area contributed by atoms with Crippen LogP contribution < -0.4 is 14.4 Å². The zero-order valence-corrected chi connectivity index (χ0v) is 18.3. The molecular weight excluding hydrogens is 455 g/mol. The Labute approximate surface area is 183 Å². The summed E-state index contributed by atoms with van der Waals surface area (Å²) in [4.78, 5) is 24.8. The molecule has 0 spiro atoms. The third-order valence-corrected chi connectivity index (χ3v) is 5.92. The third kappa shape index (κ3) is 4.80. The number of benzene rings is 2. The molecule has 1 aliphatic heterocycles. The van der Waals surface area contributed by atoms with E-state index in [9.17, 15) is 18.0 Å². The van der Waals surface area contributed by atoms with E-state index in [1.165, 1.54) is 36.4 Å². The van der Waals surface area contributed by atoms with Crippen LogP contribution in [-0.4, -0.2) is 45.8 Å². The van der Waals surface area contributed by atoms with Crippen LogP contribution in [0.25, 0.3) is 0 Å². The summed E-state index contributed by atoms with van der Waals surface area (Å²) in [5.74, 6) is -1.01. The summed E-state index contributed by atoms with van der Waals surface area (Å²) in [7, 11) is -3.69. The molecule has 0 aromatic heterocycles. The number of sulfonamides is 1. The maximum absolute atomic E-state index is 12.8. The van der Waals surface area contributed by atoms with E-state index in [0.717, 1.165) is 10.6 Å². The number of anilines is 2. The van der Waals surface area contributed by atoms with Gasteiger partial charge in [-0.05, 0) is 43.3 Å². The van der Waals surface area contributed by atoms with Gasteiger partial charge in [0, 0.05) is 10.7 Å². The van der Waals surface area contributed by atoms with E-state index >= 15 is 0 Å². The summed E-state index contributed by atoms with van der Waals surface area (Å²) in [5, 5.41) is 3.12. The predicted octanol–water partition coefficient (Wildman–Crippen LogP) is 3.34. The molecule has 3 rings (SSSR count). The molecule has 1 aliphatic rings. The number of fused-ring (bicyclic) bond motifs is 1. The molecule has 0 saturated carbocycles. The second kappa shape index (κ2) is 8.71. The number of amides is 1. The van der Waals surface area contributed by atoms with Crippen LogP contribution in [0.3, 0.4) is 0 Å². The number of carbonyl (C=O) groups is 2. The topological polar surface area (TPSA) is 102 Å². The van der Waals surface area contributed by atoms with Crippen LogP contribution in [0.5, 0.6) is 5.75 Å².